The highest BCUT2D eigenvalue weighted by atomic mass is 32.1. The van der Waals surface area contributed by atoms with Crippen molar-refractivity contribution in [3.63, 3.8) is 0 Å². The van der Waals surface area contributed by atoms with Crippen molar-refractivity contribution in [1.82, 2.24) is 9.88 Å². The molecule has 1 atom stereocenters. The Morgan fingerprint density at radius 2 is 1.90 bits per heavy atom. The van der Waals surface area contributed by atoms with E-state index in [1.165, 1.54) is 11.3 Å². The Kier molecular flexibility index (Phi) is 5.24. The zero-order valence-corrected chi connectivity index (χ0v) is 17.7. The van der Waals surface area contributed by atoms with Crippen molar-refractivity contribution in [3.8, 4) is 15.6 Å². The van der Waals surface area contributed by atoms with Crippen LogP contribution in [-0.4, -0.2) is 60.7 Å². The van der Waals surface area contributed by atoms with Gasteiger partial charge >= 0.3 is 0 Å². The number of morpholine rings is 1. The Morgan fingerprint density at radius 3 is 2.70 bits per heavy atom. The molecule has 0 bridgehead atoms. The number of nitrogens with zero attached hydrogens (tertiary/aromatic N) is 3. The SMILES string of the molecule is O=C(C1CN(C(=O)c2csc(-c3cccs3)n2)c2ccccc2O1)N1CCOCC1. The summed E-state index contributed by atoms with van der Waals surface area (Å²) >= 11 is 3.03. The molecule has 9 heteroatoms. The van der Waals surface area contributed by atoms with Gasteiger partial charge in [0.2, 0.25) is 0 Å². The molecule has 7 nitrogen and oxygen atoms in total. The first-order valence-electron chi connectivity index (χ1n) is 9.64. The van der Waals surface area contributed by atoms with Crippen molar-refractivity contribution >= 4 is 40.2 Å². The zero-order chi connectivity index (χ0) is 20.5. The highest BCUT2D eigenvalue weighted by molar-refractivity contribution is 7.20. The summed E-state index contributed by atoms with van der Waals surface area (Å²) in [6, 6.07) is 11.2. The fourth-order valence-corrected chi connectivity index (χ4v) is 5.17. The number of amides is 2. The van der Waals surface area contributed by atoms with Crippen LogP contribution >= 0.6 is 22.7 Å². The normalized spacial score (nSPS) is 18.6. The number of benzene rings is 1. The molecule has 30 heavy (non-hydrogen) atoms. The van der Waals surface area contributed by atoms with Crippen molar-refractivity contribution in [1.29, 1.82) is 0 Å². The van der Waals surface area contributed by atoms with Crippen LogP contribution in [0, 0.1) is 0 Å². The van der Waals surface area contributed by atoms with Crippen LogP contribution < -0.4 is 9.64 Å². The average Bonchev–Trinajstić information content (AvgIpc) is 3.50. The highest BCUT2D eigenvalue weighted by Crippen LogP contribution is 2.35. The second-order valence-corrected chi connectivity index (χ2v) is 8.75. The van der Waals surface area contributed by atoms with E-state index < -0.39 is 6.10 Å². The Bertz CT molecular complexity index is 1060. The maximum atomic E-state index is 13.4. The first-order chi connectivity index (χ1) is 14.7. The van der Waals surface area contributed by atoms with Gasteiger partial charge in [-0.3, -0.25) is 14.5 Å². The smallest absolute Gasteiger partial charge is 0.278 e. The number of thiazole rings is 1. The third kappa shape index (κ3) is 3.60. The number of carbonyl (C=O) groups excluding carboxylic acids is 2. The average molecular weight is 442 g/mol. The van der Waals surface area contributed by atoms with Crippen LogP contribution in [-0.2, 0) is 9.53 Å². The molecule has 1 saturated heterocycles. The van der Waals surface area contributed by atoms with E-state index in [4.69, 9.17) is 9.47 Å². The molecule has 3 aromatic rings. The number of carbonyl (C=O) groups is 2. The number of anilines is 1. The third-order valence-electron chi connectivity index (χ3n) is 5.07. The standard InChI is InChI=1S/C21H19N3O4S2/c25-20(14-13-30-19(22-14)18-6-3-11-29-18)24-12-17(21(26)23-7-9-27-10-8-23)28-16-5-2-1-4-15(16)24/h1-6,11,13,17H,7-10,12H2. The first kappa shape index (κ1) is 19.2. The molecule has 0 saturated carbocycles. The van der Waals surface area contributed by atoms with E-state index in [0.717, 1.165) is 9.88 Å². The molecule has 154 valence electrons. The maximum absolute atomic E-state index is 13.4. The van der Waals surface area contributed by atoms with E-state index >= 15 is 0 Å². The summed E-state index contributed by atoms with van der Waals surface area (Å²) in [6.45, 7) is 2.25. The molecule has 0 N–H and O–H groups in total. The van der Waals surface area contributed by atoms with Gasteiger partial charge < -0.3 is 14.4 Å². The van der Waals surface area contributed by atoms with Gasteiger partial charge in [0.1, 0.15) is 16.5 Å². The Labute approximate surface area is 181 Å². The van der Waals surface area contributed by atoms with Gasteiger partial charge in [0.05, 0.1) is 30.3 Å². The lowest BCUT2D eigenvalue weighted by Crippen LogP contribution is -2.54. The number of hydrogen-bond donors (Lipinski definition) is 0. The van der Waals surface area contributed by atoms with Crippen LogP contribution in [0.2, 0.25) is 0 Å². The largest absolute Gasteiger partial charge is 0.476 e. The molecule has 2 aliphatic heterocycles. The Balaban J connectivity index is 1.43. The second kappa shape index (κ2) is 8.17. The topological polar surface area (TPSA) is 72.0 Å². The fraction of sp³-hybridized carbons (Fsp3) is 0.286. The summed E-state index contributed by atoms with van der Waals surface area (Å²) in [6.07, 6.45) is -0.752. The number of fused-ring (bicyclic) bond motifs is 1. The van der Waals surface area contributed by atoms with Crippen LogP contribution in [0.4, 0.5) is 5.69 Å². The van der Waals surface area contributed by atoms with E-state index in [1.54, 1.807) is 32.6 Å². The van der Waals surface area contributed by atoms with Crippen LogP contribution in [0.5, 0.6) is 5.75 Å². The van der Waals surface area contributed by atoms with Crippen molar-refractivity contribution < 1.29 is 19.1 Å². The molecule has 2 amide bonds. The lowest BCUT2D eigenvalue weighted by molar-refractivity contribution is -0.142. The van der Waals surface area contributed by atoms with Gasteiger partial charge in [-0.2, -0.15) is 0 Å². The van der Waals surface area contributed by atoms with Crippen LogP contribution in [0.25, 0.3) is 9.88 Å². The number of thiophene rings is 1. The number of ether oxygens (including phenoxy) is 2. The Hall–Kier alpha value is -2.75. The van der Waals surface area contributed by atoms with Gasteiger partial charge in [-0.05, 0) is 23.6 Å². The van der Waals surface area contributed by atoms with Crippen molar-refractivity contribution in [3.05, 3.63) is 52.9 Å². The first-order valence-corrected chi connectivity index (χ1v) is 11.4. The molecule has 0 spiro atoms. The fourth-order valence-electron chi connectivity index (χ4n) is 3.57. The van der Waals surface area contributed by atoms with Crippen molar-refractivity contribution in [2.45, 2.75) is 6.10 Å². The molecular weight excluding hydrogens is 422 g/mol. The van der Waals surface area contributed by atoms with E-state index in [9.17, 15) is 9.59 Å². The number of rotatable bonds is 3. The summed E-state index contributed by atoms with van der Waals surface area (Å²) in [5, 5.41) is 4.57. The van der Waals surface area contributed by atoms with Gasteiger partial charge in [0.15, 0.2) is 6.10 Å². The second-order valence-electron chi connectivity index (χ2n) is 6.94. The highest BCUT2D eigenvalue weighted by Gasteiger charge is 2.37. The molecule has 0 radical (unpaired) electrons. The van der Waals surface area contributed by atoms with E-state index in [1.807, 2.05) is 35.7 Å². The summed E-state index contributed by atoms with van der Waals surface area (Å²) in [5.41, 5.74) is 1.02. The van der Waals surface area contributed by atoms with Gasteiger partial charge in [0, 0.05) is 18.5 Å². The Morgan fingerprint density at radius 1 is 1.07 bits per heavy atom. The monoisotopic (exact) mass is 441 g/mol. The van der Waals surface area contributed by atoms with E-state index in [0.29, 0.717) is 43.4 Å². The summed E-state index contributed by atoms with van der Waals surface area (Å²) in [7, 11) is 0. The van der Waals surface area contributed by atoms with Crippen LogP contribution in [0.1, 0.15) is 10.5 Å². The third-order valence-corrected chi connectivity index (χ3v) is 6.95. The summed E-state index contributed by atoms with van der Waals surface area (Å²) < 4.78 is 11.3. The van der Waals surface area contributed by atoms with Crippen molar-refractivity contribution in [2.24, 2.45) is 0 Å². The minimum absolute atomic E-state index is 0.122. The molecule has 2 aliphatic rings. The molecule has 1 aromatic carbocycles. The molecule has 5 rings (SSSR count). The zero-order valence-electron chi connectivity index (χ0n) is 16.0. The number of para-hydroxylation sites is 2. The summed E-state index contributed by atoms with van der Waals surface area (Å²) in [4.78, 5) is 35.3. The van der Waals surface area contributed by atoms with Gasteiger partial charge in [-0.15, -0.1) is 22.7 Å². The van der Waals surface area contributed by atoms with Crippen LogP contribution in [0.15, 0.2) is 47.2 Å². The lowest BCUT2D eigenvalue weighted by Gasteiger charge is -2.37. The predicted molar refractivity (Wildman–Crippen MR) is 115 cm³/mol. The van der Waals surface area contributed by atoms with Crippen molar-refractivity contribution in [2.75, 3.05) is 37.7 Å². The molecule has 4 heterocycles. The van der Waals surface area contributed by atoms with Crippen LogP contribution in [0.3, 0.4) is 0 Å². The minimum Gasteiger partial charge on any atom is -0.476 e. The predicted octanol–water partition coefficient (Wildman–Crippen LogP) is 3.14. The maximum Gasteiger partial charge on any atom is 0.278 e. The number of hydrogen-bond acceptors (Lipinski definition) is 7. The summed E-state index contributed by atoms with van der Waals surface area (Å²) in [5.74, 6) is 0.171. The van der Waals surface area contributed by atoms with Gasteiger partial charge in [-0.25, -0.2) is 4.98 Å². The van der Waals surface area contributed by atoms with Gasteiger partial charge in [-0.1, -0.05) is 18.2 Å². The number of aromatic nitrogens is 1. The van der Waals surface area contributed by atoms with E-state index in [2.05, 4.69) is 4.98 Å². The lowest BCUT2D eigenvalue weighted by atomic mass is 10.1. The van der Waals surface area contributed by atoms with E-state index in [-0.39, 0.29) is 18.4 Å². The quantitative estimate of drug-likeness (QED) is 0.625. The molecule has 0 aliphatic carbocycles. The molecular formula is C21H19N3O4S2. The minimum atomic E-state index is -0.752. The molecule has 1 fully saturated rings. The molecule has 1 unspecified atom stereocenters. The van der Waals surface area contributed by atoms with Gasteiger partial charge in [0.25, 0.3) is 11.8 Å². The molecule has 2 aromatic heterocycles.